The van der Waals surface area contributed by atoms with Crippen molar-refractivity contribution in [3.63, 3.8) is 0 Å². The molecule has 1 heterocycles. The minimum absolute atomic E-state index is 0.711. The first-order chi connectivity index (χ1) is 10.0. The molecule has 0 saturated heterocycles. The van der Waals surface area contributed by atoms with Gasteiger partial charge in [-0.2, -0.15) is 0 Å². The zero-order valence-corrected chi connectivity index (χ0v) is 13.1. The molecule has 1 aromatic heterocycles. The van der Waals surface area contributed by atoms with Crippen LogP contribution in [0.5, 0.6) is 11.5 Å². The van der Waals surface area contributed by atoms with Crippen molar-refractivity contribution in [1.29, 1.82) is 0 Å². The lowest BCUT2D eigenvalue weighted by Gasteiger charge is -2.08. The van der Waals surface area contributed by atoms with Gasteiger partial charge in [0.1, 0.15) is 0 Å². The molecule has 4 heteroatoms. The lowest BCUT2D eigenvalue weighted by atomic mass is 10.1. The van der Waals surface area contributed by atoms with Crippen LogP contribution in [0.2, 0.25) is 0 Å². The van der Waals surface area contributed by atoms with Gasteiger partial charge in [-0.05, 0) is 44.5 Å². The Balaban J connectivity index is 2.31. The van der Waals surface area contributed by atoms with E-state index in [2.05, 4.69) is 9.97 Å². The maximum atomic E-state index is 5.30. The number of benzene rings is 1. The normalized spacial score (nSPS) is 10.9. The lowest BCUT2D eigenvalue weighted by molar-refractivity contribution is 0.355. The maximum absolute atomic E-state index is 5.30. The van der Waals surface area contributed by atoms with Gasteiger partial charge in [0, 0.05) is 0 Å². The zero-order chi connectivity index (χ0) is 15.4. The molecule has 0 bridgehead atoms. The molecule has 1 aromatic carbocycles. The highest BCUT2D eigenvalue weighted by atomic mass is 16.5. The van der Waals surface area contributed by atoms with Crippen molar-refractivity contribution in [2.45, 2.75) is 20.8 Å². The Labute approximate surface area is 125 Å². The zero-order valence-electron chi connectivity index (χ0n) is 13.1. The number of methoxy groups -OCH3 is 2. The Morgan fingerprint density at radius 3 is 2.14 bits per heavy atom. The summed E-state index contributed by atoms with van der Waals surface area (Å²) in [5, 5.41) is 0. The van der Waals surface area contributed by atoms with Crippen molar-refractivity contribution in [3.8, 4) is 11.5 Å². The van der Waals surface area contributed by atoms with Gasteiger partial charge in [-0.25, -0.2) is 4.98 Å². The molecule has 0 unspecified atom stereocenters. The second-order valence-electron chi connectivity index (χ2n) is 4.81. The van der Waals surface area contributed by atoms with Gasteiger partial charge < -0.3 is 9.47 Å². The minimum Gasteiger partial charge on any atom is -0.493 e. The summed E-state index contributed by atoms with van der Waals surface area (Å²) in [4.78, 5) is 9.05. The van der Waals surface area contributed by atoms with Gasteiger partial charge in [0.25, 0.3) is 0 Å². The average Bonchev–Trinajstić information content (AvgIpc) is 2.49. The summed E-state index contributed by atoms with van der Waals surface area (Å²) in [6, 6.07) is 5.79. The fourth-order valence-corrected chi connectivity index (χ4v) is 2.02. The van der Waals surface area contributed by atoms with Crippen LogP contribution >= 0.6 is 0 Å². The van der Waals surface area contributed by atoms with E-state index in [0.29, 0.717) is 5.75 Å². The predicted molar refractivity (Wildman–Crippen MR) is 84.7 cm³/mol. The molecule has 0 radical (unpaired) electrons. The maximum Gasteiger partial charge on any atom is 0.161 e. The molecule has 0 aliphatic rings. The third-order valence-electron chi connectivity index (χ3n) is 3.36. The fraction of sp³-hybridized carbons (Fsp3) is 0.294. The van der Waals surface area contributed by atoms with Crippen LogP contribution in [-0.2, 0) is 0 Å². The minimum atomic E-state index is 0.711. The molecule has 110 valence electrons. The number of ether oxygens (including phenoxy) is 2. The van der Waals surface area contributed by atoms with Crippen molar-refractivity contribution < 1.29 is 9.47 Å². The topological polar surface area (TPSA) is 44.2 Å². The van der Waals surface area contributed by atoms with Gasteiger partial charge in [-0.1, -0.05) is 12.1 Å². The van der Waals surface area contributed by atoms with Crippen LogP contribution < -0.4 is 9.47 Å². The molecule has 0 amide bonds. The van der Waals surface area contributed by atoms with E-state index in [9.17, 15) is 0 Å². The third kappa shape index (κ3) is 3.40. The molecular weight excluding hydrogens is 264 g/mol. The second kappa shape index (κ2) is 6.39. The molecule has 0 aliphatic carbocycles. The molecule has 0 saturated carbocycles. The summed E-state index contributed by atoms with van der Waals surface area (Å²) < 4.78 is 10.5. The largest absolute Gasteiger partial charge is 0.493 e. The number of hydrogen-bond donors (Lipinski definition) is 0. The second-order valence-corrected chi connectivity index (χ2v) is 4.81. The molecule has 0 atom stereocenters. The fourth-order valence-electron chi connectivity index (χ4n) is 2.02. The van der Waals surface area contributed by atoms with Crippen molar-refractivity contribution in [1.82, 2.24) is 9.97 Å². The smallest absolute Gasteiger partial charge is 0.161 e. The Hall–Kier alpha value is -2.36. The first-order valence-corrected chi connectivity index (χ1v) is 6.77. The van der Waals surface area contributed by atoms with Gasteiger partial charge in [-0.15, -0.1) is 0 Å². The Morgan fingerprint density at radius 2 is 1.48 bits per heavy atom. The predicted octanol–water partition coefficient (Wildman–Crippen LogP) is 3.59. The van der Waals surface area contributed by atoms with E-state index in [1.165, 1.54) is 0 Å². The van der Waals surface area contributed by atoms with Crippen LogP contribution in [0.25, 0.3) is 12.2 Å². The highest BCUT2D eigenvalue weighted by Crippen LogP contribution is 2.28. The molecule has 0 N–H and O–H groups in total. The first kappa shape index (κ1) is 15.0. The van der Waals surface area contributed by atoms with Gasteiger partial charge >= 0.3 is 0 Å². The van der Waals surface area contributed by atoms with E-state index in [4.69, 9.17) is 9.47 Å². The van der Waals surface area contributed by atoms with Gasteiger partial charge in [0.2, 0.25) is 0 Å². The summed E-state index contributed by atoms with van der Waals surface area (Å²) in [5.74, 6) is 1.43. The van der Waals surface area contributed by atoms with Gasteiger partial charge in [0.05, 0.1) is 37.0 Å². The number of rotatable bonds is 4. The van der Waals surface area contributed by atoms with Crippen LogP contribution in [0.15, 0.2) is 18.2 Å². The molecule has 4 nitrogen and oxygen atoms in total. The van der Waals surface area contributed by atoms with Crippen molar-refractivity contribution in [2.75, 3.05) is 14.2 Å². The van der Waals surface area contributed by atoms with Crippen LogP contribution in [0.3, 0.4) is 0 Å². The van der Waals surface area contributed by atoms with Crippen LogP contribution in [0.1, 0.15) is 28.3 Å². The van der Waals surface area contributed by atoms with E-state index in [0.717, 1.165) is 34.1 Å². The van der Waals surface area contributed by atoms with E-state index >= 15 is 0 Å². The molecule has 0 aliphatic heterocycles. The molecule has 2 aromatic rings. The number of nitrogens with zero attached hydrogens (tertiary/aromatic N) is 2. The van der Waals surface area contributed by atoms with E-state index < -0.39 is 0 Å². The van der Waals surface area contributed by atoms with Crippen LogP contribution in [0, 0.1) is 20.8 Å². The average molecular weight is 284 g/mol. The van der Waals surface area contributed by atoms with Crippen molar-refractivity contribution >= 4 is 12.2 Å². The summed E-state index contributed by atoms with van der Waals surface area (Å²) >= 11 is 0. The Kier molecular flexibility index (Phi) is 4.58. The third-order valence-corrected chi connectivity index (χ3v) is 3.36. The van der Waals surface area contributed by atoms with Crippen molar-refractivity contribution in [3.05, 3.63) is 46.5 Å². The highest BCUT2D eigenvalue weighted by molar-refractivity contribution is 5.70. The Morgan fingerprint density at radius 1 is 0.810 bits per heavy atom. The standard InChI is InChI=1S/C17H20N2O2/c1-11-12(2)19-15(13(3)18-11)8-6-14-7-9-16(20-4)17(10-14)21-5/h6-10H,1-5H3. The van der Waals surface area contributed by atoms with E-state index in [1.807, 2.05) is 51.1 Å². The summed E-state index contributed by atoms with van der Waals surface area (Å²) in [5.41, 5.74) is 4.75. The van der Waals surface area contributed by atoms with Gasteiger partial charge in [0.15, 0.2) is 11.5 Å². The highest BCUT2D eigenvalue weighted by Gasteiger charge is 2.04. The number of hydrogen-bond acceptors (Lipinski definition) is 4. The van der Waals surface area contributed by atoms with Gasteiger partial charge in [-0.3, -0.25) is 4.98 Å². The summed E-state index contributed by atoms with van der Waals surface area (Å²) in [6.45, 7) is 5.90. The molecule has 0 spiro atoms. The monoisotopic (exact) mass is 284 g/mol. The molecule has 2 rings (SSSR count). The summed E-state index contributed by atoms with van der Waals surface area (Å²) in [6.07, 6.45) is 3.96. The molecule has 0 fully saturated rings. The first-order valence-electron chi connectivity index (χ1n) is 6.77. The molecule has 21 heavy (non-hydrogen) atoms. The Bertz CT molecular complexity index is 679. The summed E-state index contributed by atoms with van der Waals surface area (Å²) in [7, 11) is 3.26. The number of aryl methyl sites for hydroxylation is 3. The number of aromatic nitrogens is 2. The van der Waals surface area contributed by atoms with E-state index in [-0.39, 0.29) is 0 Å². The lowest BCUT2D eigenvalue weighted by Crippen LogP contribution is -1.98. The molecular formula is C17H20N2O2. The van der Waals surface area contributed by atoms with Crippen molar-refractivity contribution in [2.24, 2.45) is 0 Å². The SMILES string of the molecule is COc1ccc(C=Cc2nc(C)c(C)nc2C)cc1OC. The van der Waals surface area contributed by atoms with Crippen LogP contribution in [0.4, 0.5) is 0 Å². The van der Waals surface area contributed by atoms with Crippen LogP contribution in [-0.4, -0.2) is 24.2 Å². The van der Waals surface area contributed by atoms with E-state index in [1.54, 1.807) is 14.2 Å². The quantitative estimate of drug-likeness (QED) is 0.860.